The minimum Gasteiger partial charge on any atom is -0.492 e. The Morgan fingerprint density at radius 3 is 1.77 bits per heavy atom. The van der Waals surface area contributed by atoms with Crippen molar-refractivity contribution >= 4 is 31.6 Å². The van der Waals surface area contributed by atoms with Gasteiger partial charge < -0.3 is 5.11 Å². The van der Waals surface area contributed by atoms with Crippen LogP contribution < -0.4 is 0 Å². The highest BCUT2D eigenvalue weighted by atomic mass is 32.2. The van der Waals surface area contributed by atoms with Gasteiger partial charge in [-0.15, -0.1) is 5.11 Å². The van der Waals surface area contributed by atoms with Crippen molar-refractivity contribution in [3.8, 4) is 11.6 Å². The highest BCUT2D eigenvalue weighted by molar-refractivity contribution is 7.86. The second-order valence-electron chi connectivity index (χ2n) is 6.76. The summed E-state index contributed by atoms with van der Waals surface area (Å²) < 4.78 is 63.9. The van der Waals surface area contributed by atoms with Crippen LogP contribution in [0.5, 0.6) is 5.88 Å². The molecule has 3 N–H and O–H groups in total. The van der Waals surface area contributed by atoms with E-state index >= 15 is 0 Å². The summed E-state index contributed by atoms with van der Waals surface area (Å²) in [5.41, 5.74) is 1.08. The van der Waals surface area contributed by atoms with Crippen molar-refractivity contribution < 1.29 is 31.0 Å². The molecule has 0 unspecified atom stereocenters. The van der Waals surface area contributed by atoms with Gasteiger partial charge in [-0.2, -0.15) is 31.7 Å². The molecule has 0 amide bonds. The van der Waals surface area contributed by atoms with Gasteiger partial charge in [0, 0.05) is 0 Å². The third-order valence-corrected chi connectivity index (χ3v) is 5.92. The van der Waals surface area contributed by atoms with Crippen LogP contribution in [-0.4, -0.2) is 40.8 Å². The van der Waals surface area contributed by atoms with Crippen LogP contribution >= 0.6 is 0 Å². The lowest BCUT2D eigenvalue weighted by Crippen LogP contribution is -2.01. The van der Waals surface area contributed by atoms with E-state index in [1.54, 1.807) is 0 Å². The van der Waals surface area contributed by atoms with Gasteiger partial charge in [0.2, 0.25) is 5.88 Å². The smallest absolute Gasteiger partial charge is 0.294 e. The number of hydrogen-bond donors (Lipinski definition) is 3. The predicted molar refractivity (Wildman–Crippen MR) is 110 cm³/mol. The number of hydrogen-bond acceptors (Lipinski definition) is 8. The Hall–Kier alpha value is -3.13. The molecule has 0 radical (unpaired) electrons. The molecule has 0 saturated carbocycles. The maximum atomic E-state index is 11.2. The molecule has 1 aromatic heterocycles. The summed E-state index contributed by atoms with van der Waals surface area (Å²) in [6, 6.07) is 10.0. The van der Waals surface area contributed by atoms with Crippen LogP contribution in [0.3, 0.4) is 0 Å². The number of benzene rings is 2. The molecule has 0 saturated heterocycles. The van der Waals surface area contributed by atoms with Crippen molar-refractivity contribution in [2.24, 2.45) is 10.2 Å². The highest BCUT2D eigenvalue weighted by Crippen LogP contribution is 2.37. The monoisotopic (exact) mass is 466 g/mol. The molecule has 3 aromatic rings. The van der Waals surface area contributed by atoms with Gasteiger partial charge in [-0.3, -0.25) is 9.11 Å². The van der Waals surface area contributed by atoms with E-state index in [0.717, 1.165) is 16.8 Å². The Morgan fingerprint density at radius 2 is 1.32 bits per heavy atom. The second kappa shape index (κ2) is 8.19. The molecule has 0 aliphatic rings. The molecule has 2 aromatic carbocycles. The van der Waals surface area contributed by atoms with E-state index in [2.05, 4.69) is 15.3 Å². The van der Waals surface area contributed by atoms with Gasteiger partial charge in [0.25, 0.3) is 20.2 Å². The lowest BCUT2D eigenvalue weighted by atomic mass is 10.1. The third kappa shape index (κ3) is 4.96. The first kappa shape index (κ1) is 22.6. The zero-order valence-corrected chi connectivity index (χ0v) is 17.9. The van der Waals surface area contributed by atoms with E-state index in [-0.39, 0.29) is 33.0 Å². The first-order valence-electron chi connectivity index (χ1n) is 8.77. The Morgan fingerprint density at radius 1 is 0.839 bits per heavy atom. The summed E-state index contributed by atoms with van der Waals surface area (Å²) in [5.74, 6) is -0.498. The highest BCUT2D eigenvalue weighted by Gasteiger charge is 2.21. The van der Waals surface area contributed by atoms with Crippen molar-refractivity contribution in [1.29, 1.82) is 0 Å². The summed E-state index contributed by atoms with van der Waals surface area (Å²) in [6.07, 6.45) is 0. The van der Waals surface area contributed by atoms with Gasteiger partial charge in [0.05, 0.1) is 26.9 Å². The minimum atomic E-state index is -4.36. The van der Waals surface area contributed by atoms with Gasteiger partial charge >= 0.3 is 0 Å². The number of aromatic nitrogens is 2. The van der Waals surface area contributed by atoms with E-state index < -0.39 is 20.2 Å². The summed E-state index contributed by atoms with van der Waals surface area (Å²) >= 11 is 0. The number of azo groups is 1. The molecule has 31 heavy (non-hydrogen) atoms. The van der Waals surface area contributed by atoms with Crippen LogP contribution in [0.15, 0.2) is 68.6 Å². The lowest BCUT2D eigenvalue weighted by molar-refractivity contribution is 0.434. The van der Waals surface area contributed by atoms with Gasteiger partial charge in [-0.05, 0) is 54.4 Å². The summed E-state index contributed by atoms with van der Waals surface area (Å²) in [5, 5.41) is 23.0. The molecule has 13 heteroatoms. The largest absolute Gasteiger partial charge is 0.492 e. The Bertz CT molecular complexity index is 1340. The van der Waals surface area contributed by atoms with E-state index in [0.29, 0.717) is 11.4 Å². The van der Waals surface area contributed by atoms with E-state index in [9.17, 15) is 21.9 Å². The Labute approximate surface area is 178 Å². The topological polar surface area (TPSA) is 172 Å². The molecule has 0 aliphatic heterocycles. The molecule has 164 valence electrons. The van der Waals surface area contributed by atoms with Gasteiger partial charge in [-0.25, -0.2) is 0 Å². The molecule has 11 nitrogen and oxygen atoms in total. The van der Waals surface area contributed by atoms with Crippen LogP contribution in [0.1, 0.15) is 25.5 Å². The number of rotatable bonds is 6. The molecular formula is C18H18N4O7S2. The van der Waals surface area contributed by atoms with E-state index in [1.165, 1.54) is 36.4 Å². The first-order chi connectivity index (χ1) is 14.4. The molecule has 0 atom stereocenters. The molecular weight excluding hydrogens is 448 g/mol. The average molecular weight is 466 g/mol. The van der Waals surface area contributed by atoms with E-state index in [4.69, 9.17) is 9.11 Å². The standard InChI is InChI=1S/C18H18N4O7S2/c1-11(2)16-17(20-19-12-3-7-14(8-4-12)30(24,25)26)18(23)22(21-16)13-5-9-15(10-6-13)31(27,28)29/h3-11,23H,1-2H3,(H,24,25,26)(H,27,28,29)/b20-19+. The molecule has 1 heterocycles. The van der Waals surface area contributed by atoms with Crippen LogP contribution in [0.2, 0.25) is 0 Å². The van der Waals surface area contributed by atoms with Gasteiger partial charge in [0.15, 0.2) is 5.69 Å². The Kier molecular flexibility index (Phi) is 5.96. The van der Waals surface area contributed by atoms with Crippen molar-refractivity contribution in [3.63, 3.8) is 0 Å². The zero-order chi connectivity index (χ0) is 23.0. The molecule has 0 fully saturated rings. The van der Waals surface area contributed by atoms with Crippen LogP contribution in [-0.2, 0) is 20.2 Å². The summed E-state index contributed by atoms with van der Waals surface area (Å²) in [4.78, 5) is -0.599. The maximum absolute atomic E-state index is 11.2. The fraction of sp³-hybridized carbons (Fsp3) is 0.167. The SMILES string of the molecule is CC(C)c1nn(-c2ccc(S(=O)(=O)O)cc2)c(O)c1/N=N/c1ccc(S(=O)(=O)O)cc1. The normalized spacial score (nSPS) is 12.7. The van der Waals surface area contributed by atoms with Crippen LogP contribution in [0, 0.1) is 0 Å². The molecule has 0 aliphatic carbocycles. The fourth-order valence-corrected chi connectivity index (χ4v) is 3.59. The second-order valence-corrected chi connectivity index (χ2v) is 9.60. The average Bonchev–Trinajstić information content (AvgIpc) is 3.02. The van der Waals surface area contributed by atoms with Crippen molar-refractivity contribution in [1.82, 2.24) is 9.78 Å². The minimum absolute atomic E-state index is 0.0766. The van der Waals surface area contributed by atoms with Crippen molar-refractivity contribution in [2.45, 2.75) is 29.6 Å². The van der Waals surface area contributed by atoms with Crippen molar-refractivity contribution in [3.05, 3.63) is 54.2 Å². The fourth-order valence-electron chi connectivity index (χ4n) is 2.63. The predicted octanol–water partition coefficient (Wildman–Crippen LogP) is 3.61. The molecule has 0 bridgehead atoms. The molecule has 0 spiro atoms. The Balaban J connectivity index is 1.99. The third-order valence-electron chi connectivity index (χ3n) is 4.19. The number of nitrogens with zero attached hydrogens (tertiary/aromatic N) is 4. The lowest BCUT2D eigenvalue weighted by Gasteiger charge is -2.04. The quantitative estimate of drug-likeness (QED) is 0.365. The van der Waals surface area contributed by atoms with Crippen LogP contribution in [0.25, 0.3) is 5.69 Å². The van der Waals surface area contributed by atoms with Gasteiger partial charge in [-0.1, -0.05) is 13.8 Å². The van der Waals surface area contributed by atoms with Crippen LogP contribution in [0.4, 0.5) is 11.4 Å². The summed E-state index contributed by atoms with van der Waals surface area (Å²) in [7, 11) is -8.69. The maximum Gasteiger partial charge on any atom is 0.294 e. The number of aromatic hydroxyl groups is 1. The van der Waals surface area contributed by atoms with Crippen molar-refractivity contribution in [2.75, 3.05) is 0 Å². The van der Waals surface area contributed by atoms with E-state index in [1.807, 2.05) is 13.8 Å². The first-order valence-corrected chi connectivity index (χ1v) is 11.6. The molecule has 3 rings (SSSR count). The van der Waals surface area contributed by atoms with Gasteiger partial charge in [0.1, 0.15) is 0 Å². The zero-order valence-electron chi connectivity index (χ0n) is 16.3. The summed E-state index contributed by atoms with van der Waals surface area (Å²) in [6.45, 7) is 3.65.